The van der Waals surface area contributed by atoms with Crippen molar-refractivity contribution in [3.8, 4) is 17.2 Å². The van der Waals surface area contributed by atoms with Crippen LogP contribution in [0.3, 0.4) is 0 Å². The third-order valence-corrected chi connectivity index (χ3v) is 4.70. The summed E-state index contributed by atoms with van der Waals surface area (Å²) in [5, 5.41) is 3.47. The lowest BCUT2D eigenvalue weighted by Crippen LogP contribution is -2.36. The summed E-state index contributed by atoms with van der Waals surface area (Å²) < 4.78 is 21.6. The van der Waals surface area contributed by atoms with Crippen LogP contribution in [0, 0.1) is 0 Å². The number of hydrogen-bond acceptors (Lipinski definition) is 6. The first-order chi connectivity index (χ1) is 13.2. The summed E-state index contributed by atoms with van der Waals surface area (Å²) in [6.45, 7) is 5.02. The Bertz CT molecular complexity index is 702. The lowest BCUT2D eigenvalue weighted by molar-refractivity contribution is 0.122. The fourth-order valence-electron chi connectivity index (χ4n) is 3.23. The van der Waals surface area contributed by atoms with Gasteiger partial charge in [-0.05, 0) is 35.4 Å². The normalized spacial score (nSPS) is 14.1. The monoisotopic (exact) mass is 372 g/mol. The maximum atomic E-state index is 5.41. The van der Waals surface area contributed by atoms with Gasteiger partial charge in [0.1, 0.15) is 0 Å². The van der Waals surface area contributed by atoms with Crippen LogP contribution in [0.25, 0.3) is 0 Å². The number of anilines is 1. The minimum absolute atomic E-state index is 0.613. The molecule has 1 aliphatic rings. The Kier molecular flexibility index (Phi) is 6.79. The maximum Gasteiger partial charge on any atom is 0.203 e. The Hall–Kier alpha value is -2.44. The molecule has 0 saturated carbocycles. The summed E-state index contributed by atoms with van der Waals surface area (Å²) in [5.74, 6) is 1.95. The molecule has 1 heterocycles. The van der Waals surface area contributed by atoms with Gasteiger partial charge >= 0.3 is 0 Å². The van der Waals surface area contributed by atoms with Crippen molar-refractivity contribution in [2.75, 3.05) is 52.5 Å². The Balaban J connectivity index is 1.58. The van der Waals surface area contributed by atoms with Crippen LogP contribution in [-0.2, 0) is 17.8 Å². The molecule has 0 spiro atoms. The summed E-state index contributed by atoms with van der Waals surface area (Å²) in [4.78, 5) is 2.36. The van der Waals surface area contributed by atoms with E-state index < -0.39 is 0 Å². The van der Waals surface area contributed by atoms with Crippen LogP contribution in [0.2, 0.25) is 0 Å². The zero-order chi connectivity index (χ0) is 19.1. The summed E-state index contributed by atoms with van der Waals surface area (Å²) in [7, 11) is 4.87. The Morgan fingerprint density at radius 1 is 0.852 bits per heavy atom. The molecule has 1 aliphatic heterocycles. The molecule has 0 amide bonds. The average molecular weight is 372 g/mol. The molecule has 0 radical (unpaired) electrons. The van der Waals surface area contributed by atoms with Gasteiger partial charge in [0, 0.05) is 31.9 Å². The van der Waals surface area contributed by atoms with Gasteiger partial charge < -0.3 is 29.2 Å². The predicted molar refractivity (Wildman–Crippen MR) is 106 cm³/mol. The molecule has 1 saturated heterocycles. The fraction of sp³-hybridized carbons (Fsp3) is 0.429. The van der Waals surface area contributed by atoms with Gasteiger partial charge in [0.05, 0.1) is 34.5 Å². The van der Waals surface area contributed by atoms with Crippen molar-refractivity contribution in [2.24, 2.45) is 0 Å². The molecule has 0 aromatic heterocycles. The van der Waals surface area contributed by atoms with Gasteiger partial charge in [-0.2, -0.15) is 0 Å². The van der Waals surface area contributed by atoms with E-state index in [2.05, 4.69) is 34.5 Å². The zero-order valence-corrected chi connectivity index (χ0v) is 16.3. The number of rotatable bonds is 8. The smallest absolute Gasteiger partial charge is 0.203 e. The van der Waals surface area contributed by atoms with Gasteiger partial charge in [0.25, 0.3) is 0 Å². The number of nitrogens with one attached hydrogen (secondary N) is 1. The number of hydrogen-bond donors (Lipinski definition) is 1. The van der Waals surface area contributed by atoms with E-state index in [0.29, 0.717) is 23.8 Å². The van der Waals surface area contributed by atoms with Crippen LogP contribution in [0.15, 0.2) is 36.4 Å². The first-order valence-electron chi connectivity index (χ1n) is 9.16. The minimum atomic E-state index is 0.613. The molecule has 0 atom stereocenters. The van der Waals surface area contributed by atoms with E-state index in [-0.39, 0.29) is 0 Å². The largest absolute Gasteiger partial charge is 0.493 e. The van der Waals surface area contributed by atoms with Crippen molar-refractivity contribution in [3.05, 3.63) is 47.5 Å². The molecule has 2 aromatic rings. The molecule has 2 aromatic carbocycles. The second kappa shape index (κ2) is 9.48. The van der Waals surface area contributed by atoms with Crippen molar-refractivity contribution in [1.29, 1.82) is 0 Å². The number of benzene rings is 2. The molecule has 0 unspecified atom stereocenters. The average Bonchev–Trinajstić information content (AvgIpc) is 2.74. The molecule has 6 heteroatoms. The molecule has 1 N–H and O–H groups in total. The zero-order valence-electron chi connectivity index (χ0n) is 16.3. The van der Waals surface area contributed by atoms with Gasteiger partial charge in [0.2, 0.25) is 5.75 Å². The van der Waals surface area contributed by atoms with Crippen LogP contribution in [0.5, 0.6) is 17.2 Å². The number of methoxy groups -OCH3 is 3. The Morgan fingerprint density at radius 2 is 1.44 bits per heavy atom. The molecule has 3 rings (SSSR count). The van der Waals surface area contributed by atoms with Crippen LogP contribution < -0.4 is 24.4 Å². The highest BCUT2D eigenvalue weighted by atomic mass is 16.5. The molecular weight excluding hydrogens is 344 g/mol. The predicted octanol–water partition coefficient (Wildman–Crippen LogP) is 2.84. The molecule has 146 valence electrons. The van der Waals surface area contributed by atoms with Crippen molar-refractivity contribution >= 4 is 5.69 Å². The highest BCUT2D eigenvalue weighted by Gasteiger charge is 2.13. The van der Waals surface area contributed by atoms with Crippen molar-refractivity contribution < 1.29 is 18.9 Å². The van der Waals surface area contributed by atoms with E-state index >= 15 is 0 Å². The molecule has 6 nitrogen and oxygen atoms in total. The quantitative estimate of drug-likeness (QED) is 0.769. The fourth-order valence-corrected chi connectivity index (χ4v) is 3.23. The molecular formula is C21H28N2O4. The van der Waals surface area contributed by atoms with Crippen LogP contribution in [0.4, 0.5) is 5.69 Å². The SMILES string of the molecule is COc1cc(CNCc2ccc(N3CCOCC3)cc2)cc(OC)c1OC. The highest BCUT2D eigenvalue weighted by molar-refractivity contribution is 5.54. The molecule has 0 aliphatic carbocycles. The van der Waals surface area contributed by atoms with Crippen LogP contribution >= 0.6 is 0 Å². The topological polar surface area (TPSA) is 52.2 Å². The Morgan fingerprint density at radius 3 is 2.00 bits per heavy atom. The minimum Gasteiger partial charge on any atom is -0.493 e. The van der Waals surface area contributed by atoms with E-state index in [9.17, 15) is 0 Å². The van der Waals surface area contributed by atoms with E-state index in [1.54, 1.807) is 21.3 Å². The van der Waals surface area contributed by atoms with Crippen LogP contribution in [0.1, 0.15) is 11.1 Å². The number of ether oxygens (including phenoxy) is 4. The lowest BCUT2D eigenvalue weighted by Gasteiger charge is -2.28. The maximum absolute atomic E-state index is 5.41. The molecule has 27 heavy (non-hydrogen) atoms. The van der Waals surface area contributed by atoms with Crippen molar-refractivity contribution in [3.63, 3.8) is 0 Å². The summed E-state index contributed by atoms with van der Waals surface area (Å²) in [5.41, 5.74) is 3.58. The summed E-state index contributed by atoms with van der Waals surface area (Å²) in [6, 6.07) is 12.6. The van der Waals surface area contributed by atoms with E-state index in [1.165, 1.54) is 11.3 Å². The first kappa shape index (κ1) is 19.3. The molecule has 0 bridgehead atoms. The van der Waals surface area contributed by atoms with Crippen molar-refractivity contribution in [2.45, 2.75) is 13.1 Å². The number of morpholine rings is 1. The summed E-state index contributed by atoms with van der Waals surface area (Å²) >= 11 is 0. The summed E-state index contributed by atoms with van der Waals surface area (Å²) in [6.07, 6.45) is 0. The second-order valence-electron chi connectivity index (χ2n) is 6.40. The van der Waals surface area contributed by atoms with Crippen molar-refractivity contribution in [1.82, 2.24) is 5.32 Å². The first-order valence-corrected chi connectivity index (χ1v) is 9.16. The highest BCUT2D eigenvalue weighted by Crippen LogP contribution is 2.38. The number of nitrogens with zero attached hydrogens (tertiary/aromatic N) is 1. The van der Waals surface area contributed by atoms with Gasteiger partial charge in [-0.15, -0.1) is 0 Å². The Labute approximate surface area is 161 Å². The van der Waals surface area contributed by atoms with E-state index in [4.69, 9.17) is 18.9 Å². The van der Waals surface area contributed by atoms with Gasteiger partial charge in [-0.25, -0.2) is 0 Å². The van der Waals surface area contributed by atoms with Gasteiger partial charge in [-0.3, -0.25) is 0 Å². The standard InChI is InChI=1S/C21H28N2O4/c1-24-19-12-17(13-20(25-2)21(19)26-3)15-22-14-16-4-6-18(7-5-16)23-8-10-27-11-9-23/h4-7,12-13,22H,8-11,14-15H2,1-3H3. The van der Waals surface area contributed by atoms with E-state index in [1.807, 2.05) is 12.1 Å². The van der Waals surface area contributed by atoms with E-state index in [0.717, 1.165) is 38.4 Å². The lowest BCUT2D eigenvalue weighted by atomic mass is 10.1. The third kappa shape index (κ3) is 4.84. The van der Waals surface area contributed by atoms with Crippen LogP contribution in [-0.4, -0.2) is 47.6 Å². The third-order valence-electron chi connectivity index (χ3n) is 4.70. The molecule has 1 fully saturated rings. The second-order valence-corrected chi connectivity index (χ2v) is 6.40. The van der Waals surface area contributed by atoms with Gasteiger partial charge in [-0.1, -0.05) is 12.1 Å². The van der Waals surface area contributed by atoms with Gasteiger partial charge in [0.15, 0.2) is 11.5 Å².